The summed E-state index contributed by atoms with van der Waals surface area (Å²) in [5, 5.41) is 14.7. The summed E-state index contributed by atoms with van der Waals surface area (Å²) in [6.45, 7) is 2.66. The summed E-state index contributed by atoms with van der Waals surface area (Å²) < 4.78 is 6.94. The maximum atomic E-state index is 10.1. The molecule has 2 rings (SSSR count). The Bertz CT molecular complexity index is 465. The van der Waals surface area contributed by atoms with Gasteiger partial charge in [-0.15, -0.1) is 0 Å². The van der Waals surface area contributed by atoms with Crippen molar-refractivity contribution in [1.82, 2.24) is 9.78 Å². The molecule has 4 nitrogen and oxygen atoms in total. The predicted octanol–water partition coefficient (Wildman–Crippen LogP) is 2.82. The van der Waals surface area contributed by atoms with Crippen molar-refractivity contribution in [2.24, 2.45) is 0 Å². The zero-order valence-corrected chi connectivity index (χ0v) is 10.4. The van der Waals surface area contributed by atoms with Gasteiger partial charge in [-0.25, -0.2) is 0 Å². The first kappa shape index (κ1) is 12.2. The lowest BCUT2D eigenvalue weighted by Crippen LogP contribution is -2.09. The summed E-state index contributed by atoms with van der Waals surface area (Å²) in [4.78, 5) is 0. The molecule has 0 spiro atoms. The van der Waals surface area contributed by atoms with E-state index in [1.54, 1.807) is 17.1 Å². The van der Waals surface area contributed by atoms with E-state index in [-0.39, 0.29) is 0 Å². The van der Waals surface area contributed by atoms with Crippen LogP contribution in [-0.2, 0) is 13.0 Å². The van der Waals surface area contributed by atoms with Crippen molar-refractivity contribution >= 4 is 11.6 Å². The van der Waals surface area contributed by atoms with E-state index >= 15 is 0 Å². The van der Waals surface area contributed by atoms with Crippen LogP contribution >= 0.6 is 11.6 Å². The molecule has 17 heavy (non-hydrogen) atoms. The molecular weight excluding hydrogens is 240 g/mol. The number of aromatic nitrogens is 2. The zero-order valence-electron chi connectivity index (χ0n) is 9.64. The van der Waals surface area contributed by atoms with Crippen molar-refractivity contribution in [2.75, 3.05) is 0 Å². The Morgan fingerprint density at radius 3 is 3.06 bits per heavy atom. The van der Waals surface area contributed by atoms with Crippen LogP contribution in [0.5, 0.6) is 0 Å². The van der Waals surface area contributed by atoms with Crippen LogP contribution in [0, 0.1) is 0 Å². The lowest BCUT2D eigenvalue weighted by atomic mass is 10.1. The van der Waals surface area contributed by atoms with Gasteiger partial charge in [-0.1, -0.05) is 11.6 Å². The van der Waals surface area contributed by atoms with Gasteiger partial charge in [0, 0.05) is 13.0 Å². The SMILES string of the molecule is CCn1ncc(Cl)c1C(O)CCc1ccco1. The average Bonchev–Trinajstić information content (AvgIpc) is 2.94. The van der Waals surface area contributed by atoms with Crippen LogP contribution in [0.3, 0.4) is 0 Å². The monoisotopic (exact) mass is 254 g/mol. The highest BCUT2D eigenvalue weighted by Crippen LogP contribution is 2.26. The minimum absolute atomic E-state index is 0.513. The smallest absolute Gasteiger partial charge is 0.103 e. The number of nitrogens with zero attached hydrogens (tertiary/aromatic N) is 2. The standard InChI is InChI=1S/C12H15ClN2O2/c1-2-15-12(10(13)8-14-15)11(16)6-5-9-4-3-7-17-9/h3-4,7-8,11,16H,2,5-6H2,1H3. The summed E-state index contributed by atoms with van der Waals surface area (Å²) in [6.07, 6.45) is 3.83. The molecule has 2 aromatic rings. The Labute approximate surface area is 105 Å². The quantitative estimate of drug-likeness (QED) is 0.893. The molecule has 0 radical (unpaired) electrons. The van der Waals surface area contributed by atoms with Crippen molar-refractivity contribution in [3.05, 3.63) is 41.1 Å². The molecule has 0 aliphatic heterocycles. The third-order valence-electron chi connectivity index (χ3n) is 2.69. The van der Waals surface area contributed by atoms with Crippen LogP contribution in [0.2, 0.25) is 5.02 Å². The second-order valence-electron chi connectivity index (χ2n) is 3.83. The molecule has 92 valence electrons. The van der Waals surface area contributed by atoms with E-state index in [0.29, 0.717) is 30.1 Å². The summed E-state index contributed by atoms with van der Waals surface area (Å²) in [6, 6.07) is 3.73. The lowest BCUT2D eigenvalue weighted by Gasteiger charge is -2.12. The number of aliphatic hydroxyl groups is 1. The van der Waals surface area contributed by atoms with Crippen molar-refractivity contribution in [1.29, 1.82) is 0 Å². The molecule has 0 saturated heterocycles. The van der Waals surface area contributed by atoms with Crippen LogP contribution in [0.15, 0.2) is 29.0 Å². The molecule has 0 bridgehead atoms. The Morgan fingerprint density at radius 1 is 1.59 bits per heavy atom. The van der Waals surface area contributed by atoms with E-state index < -0.39 is 6.10 Å². The third kappa shape index (κ3) is 2.70. The van der Waals surface area contributed by atoms with E-state index in [2.05, 4.69) is 5.10 Å². The van der Waals surface area contributed by atoms with Gasteiger partial charge in [0.15, 0.2) is 0 Å². The number of hydrogen-bond donors (Lipinski definition) is 1. The molecule has 0 aromatic carbocycles. The third-order valence-corrected chi connectivity index (χ3v) is 2.98. The van der Waals surface area contributed by atoms with Gasteiger partial charge in [-0.3, -0.25) is 4.68 Å². The second kappa shape index (κ2) is 5.38. The topological polar surface area (TPSA) is 51.2 Å². The van der Waals surface area contributed by atoms with Crippen molar-refractivity contribution in [3.8, 4) is 0 Å². The minimum atomic E-state index is -0.616. The molecule has 1 N–H and O–H groups in total. The summed E-state index contributed by atoms with van der Waals surface area (Å²) in [5.74, 6) is 0.864. The first-order chi connectivity index (χ1) is 8.22. The van der Waals surface area contributed by atoms with Gasteiger partial charge in [0.25, 0.3) is 0 Å². The van der Waals surface area contributed by atoms with Gasteiger partial charge in [0.2, 0.25) is 0 Å². The number of halogens is 1. The molecule has 0 saturated carbocycles. The normalized spacial score (nSPS) is 12.9. The highest BCUT2D eigenvalue weighted by atomic mass is 35.5. The van der Waals surface area contributed by atoms with E-state index in [0.717, 1.165) is 5.76 Å². The Kier molecular flexibility index (Phi) is 3.86. The molecule has 1 atom stereocenters. The molecular formula is C12H15ClN2O2. The van der Waals surface area contributed by atoms with Gasteiger partial charge in [0.1, 0.15) is 5.76 Å². The van der Waals surface area contributed by atoms with Gasteiger partial charge in [0.05, 0.1) is 29.3 Å². The van der Waals surface area contributed by atoms with E-state index in [9.17, 15) is 5.11 Å². The molecule has 2 aromatic heterocycles. The highest BCUT2D eigenvalue weighted by molar-refractivity contribution is 6.31. The molecule has 0 fully saturated rings. The van der Waals surface area contributed by atoms with Crippen molar-refractivity contribution in [3.63, 3.8) is 0 Å². The Morgan fingerprint density at radius 2 is 2.41 bits per heavy atom. The molecule has 1 unspecified atom stereocenters. The maximum Gasteiger partial charge on any atom is 0.103 e. The molecule has 0 aliphatic rings. The number of hydrogen-bond acceptors (Lipinski definition) is 3. The van der Waals surface area contributed by atoms with E-state index in [4.69, 9.17) is 16.0 Å². The largest absolute Gasteiger partial charge is 0.469 e. The average molecular weight is 255 g/mol. The number of aryl methyl sites for hydroxylation is 2. The fraction of sp³-hybridized carbons (Fsp3) is 0.417. The minimum Gasteiger partial charge on any atom is -0.469 e. The molecule has 5 heteroatoms. The van der Waals surface area contributed by atoms with E-state index in [1.165, 1.54) is 0 Å². The first-order valence-corrected chi connectivity index (χ1v) is 6.01. The second-order valence-corrected chi connectivity index (χ2v) is 4.23. The Balaban J connectivity index is 2.03. The van der Waals surface area contributed by atoms with Crippen LogP contribution < -0.4 is 0 Å². The summed E-state index contributed by atoms with van der Waals surface area (Å²) in [7, 11) is 0. The van der Waals surface area contributed by atoms with Gasteiger partial charge in [-0.05, 0) is 25.5 Å². The first-order valence-electron chi connectivity index (χ1n) is 5.64. The zero-order chi connectivity index (χ0) is 12.3. The van der Waals surface area contributed by atoms with Crippen LogP contribution in [0.4, 0.5) is 0 Å². The van der Waals surface area contributed by atoms with Crippen molar-refractivity contribution in [2.45, 2.75) is 32.4 Å². The van der Waals surface area contributed by atoms with Gasteiger partial charge in [-0.2, -0.15) is 5.10 Å². The fourth-order valence-corrected chi connectivity index (χ4v) is 2.09. The molecule has 0 aliphatic carbocycles. The van der Waals surface area contributed by atoms with Gasteiger partial charge >= 0.3 is 0 Å². The summed E-state index contributed by atoms with van der Waals surface area (Å²) >= 11 is 6.01. The molecule has 2 heterocycles. The summed E-state index contributed by atoms with van der Waals surface area (Å²) in [5.41, 5.74) is 0.681. The number of aliphatic hydroxyl groups excluding tert-OH is 1. The van der Waals surface area contributed by atoms with Gasteiger partial charge < -0.3 is 9.52 Å². The van der Waals surface area contributed by atoms with E-state index in [1.807, 2.05) is 19.1 Å². The van der Waals surface area contributed by atoms with Crippen LogP contribution in [0.25, 0.3) is 0 Å². The van der Waals surface area contributed by atoms with Crippen LogP contribution in [0.1, 0.15) is 30.9 Å². The highest BCUT2D eigenvalue weighted by Gasteiger charge is 2.17. The Hall–Kier alpha value is -1.26. The number of furan rings is 1. The predicted molar refractivity (Wildman–Crippen MR) is 64.9 cm³/mol. The lowest BCUT2D eigenvalue weighted by molar-refractivity contribution is 0.154. The maximum absolute atomic E-state index is 10.1. The molecule has 0 amide bonds. The van der Waals surface area contributed by atoms with Crippen LogP contribution in [-0.4, -0.2) is 14.9 Å². The van der Waals surface area contributed by atoms with Crippen molar-refractivity contribution < 1.29 is 9.52 Å². The number of rotatable bonds is 5. The fourth-order valence-electron chi connectivity index (χ4n) is 1.83.